The van der Waals surface area contributed by atoms with Crippen LogP contribution >= 0.6 is 0 Å². The lowest BCUT2D eigenvalue weighted by Gasteiger charge is -2.37. The molecule has 2 aromatic rings. The molecular weight excluding hydrogens is 573 g/mol. The van der Waals surface area contributed by atoms with E-state index < -0.39 is 40.9 Å². The van der Waals surface area contributed by atoms with Gasteiger partial charge in [-0.25, -0.2) is 9.18 Å². The lowest BCUT2D eigenvalue weighted by atomic mass is 9.74. The molecule has 3 fully saturated rings. The Kier molecular flexibility index (Phi) is 7.88. The van der Waals surface area contributed by atoms with E-state index >= 15 is 4.39 Å². The number of carbonyl (C=O) groups is 3. The fraction of sp³-hybridized carbons (Fsp3) is 0.543. The number of halogens is 1. The van der Waals surface area contributed by atoms with Crippen LogP contribution < -0.4 is 10.2 Å². The van der Waals surface area contributed by atoms with Gasteiger partial charge in [-0.2, -0.15) is 5.26 Å². The van der Waals surface area contributed by atoms with E-state index in [1.54, 1.807) is 31.7 Å². The third-order valence-corrected chi connectivity index (χ3v) is 10.0. The number of benzene rings is 2. The zero-order chi connectivity index (χ0) is 32.3. The van der Waals surface area contributed by atoms with E-state index in [1.165, 1.54) is 11.0 Å². The van der Waals surface area contributed by atoms with Crippen LogP contribution in [-0.4, -0.2) is 78.6 Å². The summed E-state index contributed by atoms with van der Waals surface area (Å²) in [5.74, 6) is -0.768. The Hall–Kier alpha value is -3.97. The molecule has 4 aliphatic rings. The molecule has 10 heteroatoms. The van der Waals surface area contributed by atoms with Gasteiger partial charge in [-0.15, -0.1) is 0 Å². The van der Waals surface area contributed by atoms with Gasteiger partial charge in [0.2, 0.25) is 11.8 Å². The van der Waals surface area contributed by atoms with Crippen LogP contribution in [0.1, 0.15) is 64.0 Å². The molecule has 9 nitrogen and oxygen atoms in total. The maximum atomic E-state index is 15.6. The Morgan fingerprint density at radius 1 is 1.16 bits per heavy atom. The number of fused-ring (bicyclic) bond motifs is 4. The highest BCUT2D eigenvalue weighted by atomic mass is 19.1. The van der Waals surface area contributed by atoms with Crippen LogP contribution in [0.15, 0.2) is 36.4 Å². The van der Waals surface area contributed by atoms with Gasteiger partial charge in [0.25, 0.3) is 0 Å². The summed E-state index contributed by atoms with van der Waals surface area (Å²) in [6.07, 6.45) is 3.57. The number of piperidine rings is 2. The Morgan fingerprint density at radius 2 is 1.89 bits per heavy atom. The number of likely N-dealkylation sites (N-methyl/N-ethyl adjacent to an activating group) is 2. The van der Waals surface area contributed by atoms with Gasteiger partial charge in [-0.1, -0.05) is 18.2 Å². The zero-order valence-electron chi connectivity index (χ0n) is 26.7. The highest BCUT2D eigenvalue weighted by Crippen LogP contribution is 2.47. The molecule has 1 spiro atoms. The molecule has 238 valence electrons. The van der Waals surface area contributed by atoms with Crippen molar-refractivity contribution < 1.29 is 23.5 Å². The summed E-state index contributed by atoms with van der Waals surface area (Å²) in [4.78, 5) is 45.3. The topological polar surface area (TPSA) is 106 Å². The molecule has 0 radical (unpaired) electrons. The van der Waals surface area contributed by atoms with Gasteiger partial charge >= 0.3 is 6.09 Å². The predicted octanol–water partition coefficient (Wildman–Crippen LogP) is 4.77. The zero-order valence-corrected chi connectivity index (χ0v) is 26.7. The van der Waals surface area contributed by atoms with Crippen molar-refractivity contribution in [3.05, 3.63) is 53.3 Å². The Balaban J connectivity index is 1.18. The van der Waals surface area contributed by atoms with E-state index in [-0.39, 0.29) is 24.3 Å². The first kappa shape index (κ1) is 31.0. The van der Waals surface area contributed by atoms with E-state index in [4.69, 9.17) is 4.74 Å². The molecule has 3 aliphatic heterocycles. The normalized spacial score (nSPS) is 26.6. The predicted molar refractivity (Wildman–Crippen MR) is 168 cm³/mol. The molecule has 3 heterocycles. The first-order valence-electron chi connectivity index (χ1n) is 15.9. The highest BCUT2D eigenvalue weighted by molar-refractivity contribution is 6.08. The molecule has 2 saturated heterocycles. The van der Waals surface area contributed by atoms with Gasteiger partial charge in [0.1, 0.15) is 23.5 Å². The maximum Gasteiger partial charge on any atom is 0.411 e. The maximum absolute atomic E-state index is 15.6. The number of nitriles is 1. The van der Waals surface area contributed by atoms with Gasteiger partial charge in [-0.05, 0) is 113 Å². The number of amides is 3. The Morgan fingerprint density at radius 3 is 2.58 bits per heavy atom. The first-order chi connectivity index (χ1) is 21.3. The molecule has 1 saturated carbocycles. The number of nitrogens with zero attached hydrogens (tertiary/aromatic N) is 4. The van der Waals surface area contributed by atoms with Crippen LogP contribution in [-0.2, 0) is 26.2 Å². The second-order valence-corrected chi connectivity index (χ2v) is 14.3. The van der Waals surface area contributed by atoms with E-state index in [9.17, 15) is 19.6 Å². The summed E-state index contributed by atoms with van der Waals surface area (Å²) in [5, 5.41) is 12.7. The number of anilines is 1. The summed E-state index contributed by atoms with van der Waals surface area (Å²) in [5.41, 5.74) is 2.39. The minimum Gasteiger partial charge on any atom is -0.444 e. The van der Waals surface area contributed by atoms with Gasteiger partial charge in [0, 0.05) is 31.7 Å². The molecule has 1 unspecified atom stereocenters. The molecule has 1 aliphatic carbocycles. The second-order valence-electron chi connectivity index (χ2n) is 14.3. The van der Waals surface area contributed by atoms with E-state index in [0.717, 1.165) is 55.5 Å². The van der Waals surface area contributed by atoms with Gasteiger partial charge in [0.05, 0.1) is 11.5 Å². The largest absolute Gasteiger partial charge is 0.444 e. The molecule has 3 amide bonds. The smallest absolute Gasteiger partial charge is 0.411 e. The van der Waals surface area contributed by atoms with Crippen molar-refractivity contribution in [2.75, 3.05) is 32.1 Å². The number of nitrogens with one attached hydrogen (secondary N) is 1. The molecule has 0 aromatic heterocycles. The number of ether oxygens (including phenoxy) is 1. The van der Waals surface area contributed by atoms with Crippen LogP contribution in [0.4, 0.5) is 14.9 Å². The van der Waals surface area contributed by atoms with Gasteiger partial charge in [0.15, 0.2) is 0 Å². The fourth-order valence-corrected chi connectivity index (χ4v) is 8.00. The summed E-state index contributed by atoms with van der Waals surface area (Å²) in [7, 11) is 3.85. The Labute approximate surface area is 264 Å². The minimum atomic E-state index is -0.970. The SMILES string of the molecule is CN1CCCC2(C1)C(=O)N(C)c1ccc(-c3ccc(C[C@@H](C#N)NC(=O)[C@@H]4[C@H]5CC[C@H](C5)N4C(=O)OC(C)(C)C)c(F)c3)cc12. The molecule has 6 rings (SSSR count). The van der Waals surface area contributed by atoms with Crippen LogP contribution in [0.2, 0.25) is 0 Å². The Bertz CT molecular complexity index is 1580. The molecular formula is C35H42FN5O4. The van der Waals surface area contributed by atoms with Crippen molar-refractivity contribution in [1.29, 1.82) is 5.26 Å². The quantitative estimate of drug-likeness (QED) is 0.520. The number of likely N-dealkylation sites (tertiary alicyclic amines) is 2. The van der Waals surface area contributed by atoms with Crippen LogP contribution in [0.25, 0.3) is 11.1 Å². The van der Waals surface area contributed by atoms with Crippen LogP contribution in [0, 0.1) is 23.1 Å². The van der Waals surface area contributed by atoms with Crippen molar-refractivity contribution in [3.63, 3.8) is 0 Å². The standard InChI is InChI=1S/C35H42FN5O4/c1-34(2,3)45-33(44)41-26-11-9-24(16-26)30(41)31(42)38-25(19-37)15-23-8-7-22(18-28(23)36)21-10-12-29-27(17-21)35(32(43)40(29)5)13-6-14-39(4)20-35/h7-8,10,12,17-18,24-26,30H,6,9,11,13-16,20H2,1-5H3,(H,38,42)/t24-,25-,26+,30-,35?/m0/s1. The highest BCUT2D eigenvalue weighted by Gasteiger charge is 2.53. The fourth-order valence-electron chi connectivity index (χ4n) is 8.00. The van der Waals surface area contributed by atoms with Crippen LogP contribution in [0.5, 0.6) is 0 Å². The summed E-state index contributed by atoms with van der Waals surface area (Å²) >= 11 is 0. The molecule has 45 heavy (non-hydrogen) atoms. The lowest BCUT2D eigenvalue weighted by Crippen LogP contribution is -2.55. The molecule has 1 N–H and O–H groups in total. The minimum absolute atomic E-state index is 0.00781. The van der Waals surface area contributed by atoms with Crippen molar-refractivity contribution in [3.8, 4) is 17.2 Å². The van der Waals surface area contributed by atoms with E-state index in [2.05, 4.69) is 16.3 Å². The molecule has 2 aromatic carbocycles. The number of hydrogen-bond acceptors (Lipinski definition) is 6. The monoisotopic (exact) mass is 615 g/mol. The second kappa shape index (κ2) is 11.4. The summed E-state index contributed by atoms with van der Waals surface area (Å²) < 4.78 is 21.1. The van der Waals surface area contributed by atoms with E-state index in [1.807, 2.05) is 38.4 Å². The first-order valence-corrected chi connectivity index (χ1v) is 15.9. The van der Waals surface area contributed by atoms with Gasteiger partial charge < -0.3 is 19.9 Å². The number of carbonyl (C=O) groups excluding carboxylic acids is 3. The lowest BCUT2D eigenvalue weighted by molar-refractivity contribution is -0.128. The summed E-state index contributed by atoms with van der Waals surface area (Å²) in [6.45, 7) is 6.97. The third-order valence-electron chi connectivity index (χ3n) is 10.0. The van der Waals surface area contributed by atoms with E-state index in [0.29, 0.717) is 17.7 Å². The average molecular weight is 616 g/mol. The third kappa shape index (κ3) is 5.56. The number of hydrogen-bond donors (Lipinski definition) is 1. The van der Waals surface area contributed by atoms with Crippen molar-refractivity contribution in [1.82, 2.24) is 15.1 Å². The van der Waals surface area contributed by atoms with Gasteiger partial charge in [-0.3, -0.25) is 14.5 Å². The van der Waals surface area contributed by atoms with Crippen molar-refractivity contribution >= 4 is 23.6 Å². The average Bonchev–Trinajstić information content (AvgIpc) is 3.66. The number of rotatable bonds is 5. The van der Waals surface area contributed by atoms with Crippen molar-refractivity contribution in [2.24, 2.45) is 5.92 Å². The molecule has 2 bridgehead atoms. The van der Waals surface area contributed by atoms with Crippen molar-refractivity contribution in [2.45, 2.75) is 88.4 Å². The molecule has 5 atom stereocenters. The van der Waals surface area contributed by atoms with Crippen LogP contribution in [0.3, 0.4) is 0 Å². The summed E-state index contributed by atoms with van der Waals surface area (Å²) in [6, 6.07) is 11.2.